The lowest BCUT2D eigenvalue weighted by molar-refractivity contribution is -0.116. The van der Waals surface area contributed by atoms with Crippen LogP contribution in [0.25, 0.3) is 0 Å². The molecule has 0 fully saturated rings. The van der Waals surface area contributed by atoms with Crippen LogP contribution in [0.3, 0.4) is 0 Å². The van der Waals surface area contributed by atoms with Crippen molar-refractivity contribution in [2.45, 2.75) is 17.7 Å². The molecule has 0 heterocycles. The topological polar surface area (TPSA) is 89.3 Å². The standard InChI is InChI=1S/C11H12Cl2N2O3S/c1-2-3-4-10(16)15-11-8(12)5-7(6-9(11)13)19(14,17)18/h2,5-6H,1,3-4H2,(H,15,16)(H2,14,17,18). The highest BCUT2D eigenvalue weighted by molar-refractivity contribution is 7.89. The van der Waals surface area contributed by atoms with Gasteiger partial charge in [0.05, 0.1) is 20.6 Å². The molecule has 1 amide bonds. The monoisotopic (exact) mass is 322 g/mol. The Kier molecular flexibility index (Phi) is 5.37. The van der Waals surface area contributed by atoms with Crippen molar-refractivity contribution in [3.05, 3.63) is 34.8 Å². The Bertz CT molecular complexity index is 591. The van der Waals surface area contributed by atoms with Gasteiger partial charge in [0.2, 0.25) is 15.9 Å². The second-order valence-electron chi connectivity index (χ2n) is 3.68. The number of halogens is 2. The molecule has 104 valence electrons. The number of sulfonamides is 1. The molecule has 0 bridgehead atoms. The fourth-order valence-corrected chi connectivity index (χ4v) is 2.54. The molecule has 0 aliphatic carbocycles. The maximum atomic E-state index is 11.5. The largest absolute Gasteiger partial charge is 0.324 e. The van der Waals surface area contributed by atoms with Gasteiger partial charge in [-0.3, -0.25) is 4.79 Å². The van der Waals surface area contributed by atoms with Crippen LogP contribution in [0, 0.1) is 0 Å². The number of primary sulfonamides is 1. The van der Waals surface area contributed by atoms with E-state index in [1.165, 1.54) is 0 Å². The van der Waals surface area contributed by atoms with Crippen molar-refractivity contribution in [1.29, 1.82) is 0 Å². The highest BCUT2D eigenvalue weighted by Gasteiger charge is 2.16. The molecule has 0 saturated carbocycles. The Labute approximate surface area is 121 Å². The molecular weight excluding hydrogens is 311 g/mol. The highest BCUT2D eigenvalue weighted by atomic mass is 35.5. The van der Waals surface area contributed by atoms with E-state index in [0.29, 0.717) is 6.42 Å². The first-order valence-electron chi connectivity index (χ1n) is 5.18. The first-order chi connectivity index (χ1) is 8.75. The van der Waals surface area contributed by atoms with Crippen molar-refractivity contribution < 1.29 is 13.2 Å². The van der Waals surface area contributed by atoms with Gasteiger partial charge in [0, 0.05) is 6.42 Å². The van der Waals surface area contributed by atoms with E-state index in [1.807, 2.05) is 0 Å². The molecule has 0 atom stereocenters. The van der Waals surface area contributed by atoms with Crippen molar-refractivity contribution in [2.24, 2.45) is 5.14 Å². The fraction of sp³-hybridized carbons (Fsp3) is 0.182. The van der Waals surface area contributed by atoms with Gasteiger partial charge in [-0.05, 0) is 18.6 Å². The number of nitrogens with one attached hydrogen (secondary N) is 1. The lowest BCUT2D eigenvalue weighted by Crippen LogP contribution is -2.14. The first kappa shape index (κ1) is 16.0. The van der Waals surface area contributed by atoms with E-state index in [9.17, 15) is 13.2 Å². The molecule has 1 aromatic rings. The third-order valence-electron chi connectivity index (χ3n) is 2.18. The van der Waals surface area contributed by atoms with E-state index in [1.54, 1.807) is 6.08 Å². The smallest absolute Gasteiger partial charge is 0.238 e. The van der Waals surface area contributed by atoms with Gasteiger partial charge in [-0.2, -0.15) is 0 Å². The van der Waals surface area contributed by atoms with Crippen molar-refractivity contribution >= 4 is 44.8 Å². The summed E-state index contributed by atoms with van der Waals surface area (Å²) in [5.74, 6) is -0.299. The molecule has 0 aliphatic heterocycles. The number of hydrogen-bond donors (Lipinski definition) is 2. The number of benzene rings is 1. The Morgan fingerprint density at radius 3 is 2.32 bits per heavy atom. The number of amides is 1. The SMILES string of the molecule is C=CCCC(=O)Nc1c(Cl)cc(S(N)(=O)=O)cc1Cl. The van der Waals surface area contributed by atoms with Crippen molar-refractivity contribution in [2.75, 3.05) is 5.32 Å². The predicted molar refractivity (Wildman–Crippen MR) is 75.9 cm³/mol. The van der Waals surface area contributed by atoms with Gasteiger partial charge < -0.3 is 5.32 Å². The van der Waals surface area contributed by atoms with Gasteiger partial charge in [0.15, 0.2) is 0 Å². The second-order valence-corrected chi connectivity index (χ2v) is 6.06. The zero-order valence-corrected chi connectivity index (χ0v) is 12.1. The zero-order chi connectivity index (χ0) is 14.6. The van der Waals surface area contributed by atoms with Crippen molar-refractivity contribution in [3.63, 3.8) is 0 Å². The first-order valence-corrected chi connectivity index (χ1v) is 7.48. The van der Waals surface area contributed by atoms with Gasteiger partial charge in [-0.15, -0.1) is 6.58 Å². The summed E-state index contributed by atoms with van der Waals surface area (Å²) >= 11 is 11.8. The molecule has 5 nitrogen and oxygen atoms in total. The molecule has 0 aliphatic rings. The maximum Gasteiger partial charge on any atom is 0.238 e. The molecule has 0 spiro atoms. The number of anilines is 1. The summed E-state index contributed by atoms with van der Waals surface area (Å²) in [7, 11) is -3.90. The third kappa shape index (κ3) is 4.50. The lowest BCUT2D eigenvalue weighted by atomic mass is 10.2. The fourth-order valence-electron chi connectivity index (χ4n) is 1.27. The second kappa shape index (κ2) is 6.38. The van der Waals surface area contributed by atoms with E-state index >= 15 is 0 Å². The van der Waals surface area contributed by atoms with Crippen LogP contribution in [0.2, 0.25) is 10.0 Å². The van der Waals surface area contributed by atoms with Crippen LogP contribution < -0.4 is 10.5 Å². The normalized spacial score (nSPS) is 11.1. The van der Waals surface area contributed by atoms with E-state index in [4.69, 9.17) is 28.3 Å². The van der Waals surface area contributed by atoms with E-state index in [-0.39, 0.29) is 33.0 Å². The van der Waals surface area contributed by atoms with Gasteiger partial charge in [0.25, 0.3) is 0 Å². The molecule has 0 radical (unpaired) electrons. The van der Waals surface area contributed by atoms with E-state index in [0.717, 1.165) is 12.1 Å². The van der Waals surface area contributed by atoms with E-state index < -0.39 is 10.0 Å². The predicted octanol–water partition coefficient (Wildman–Crippen LogP) is 2.55. The number of hydrogen-bond acceptors (Lipinski definition) is 3. The Morgan fingerprint density at radius 2 is 1.89 bits per heavy atom. The summed E-state index contributed by atoms with van der Waals surface area (Å²) in [6.45, 7) is 3.50. The summed E-state index contributed by atoms with van der Waals surface area (Å²) in [6.07, 6.45) is 2.34. The summed E-state index contributed by atoms with van der Waals surface area (Å²) in [5, 5.41) is 7.48. The summed E-state index contributed by atoms with van der Waals surface area (Å²) < 4.78 is 22.3. The van der Waals surface area contributed by atoms with Gasteiger partial charge in [-0.25, -0.2) is 13.6 Å². The minimum absolute atomic E-state index is 0.00322. The van der Waals surface area contributed by atoms with Crippen LogP contribution >= 0.6 is 23.2 Å². The molecule has 19 heavy (non-hydrogen) atoms. The summed E-state index contributed by atoms with van der Waals surface area (Å²) in [5.41, 5.74) is 0.157. The highest BCUT2D eigenvalue weighted by Crippen LogP contribution is 2.33. The summed E-state index contributed by atoms with van der Waals surface area (Å²) in [4.78, 5) is 11.3. The van der Waals surface area contributed by atoms with Gasteiger partial charge >= 0.3 is 0 Å². The third-order valence-corrected chi connectivity index (χ3v) is 3.67. The average Bonchev–Trinajstić information content (AvgIpc) is 2.29. The Morgan fingerprint density at radius 1 is 1.37 bits per heavy atom. The van der Waals surface area contributed by atoms with Crippen LogP contribution in [0.15, 0.2) is 29.7 Å². The van der Waals surface area contributed by atoms with Crippen LogP contribution in [0.1, 0.15) is 12.8 Å². The molecule has 1 aromatic carbocycles. The quantitative estimate of drug-likeness (QED) is 0.816. The van der Waals surface area contributed by atoms with Crippen LogP contribution in [0.4, 0.5) is 5.69 Å². The number of carbonyl (C=O) groups is 1. The summed E-state index contributed by atoms with van der Waals surface area (Å²) in [6, 6.07) is 2.26. The molecule has 8 heteroatoms. The van der Waals surface area contributed by atoms with Crippen LogP contribution in [-0.4, -0.2) is 14.3 Å². The minimum atomic E-state index is -3.90. The maximum absolute atomic E-state index is 11.5. The lowest BCUT2D eigenvalue weighted by Gasteiger charge is -2.10. The molecule has 3 N–H and O–H groups in total. The van der Waals surface area contributed by atoms with Gasteiger partial charge in [0.1, 0.15) is 0 Å². The minimum Gasteiger partial charge on any atom is -0.324 e. The number of nitrogens with two attached hydrogens (primary N) is 1. The Balaban J connectivity index is 3.04. The van der Waals surface area contributed by atoms with Crippen LogP contribution in [0.5, 0.6) is 0 Å². The number of rotatable bonds is 5. The van der Waals surface area contributed by atoms with Crippen molar-refractivity contribution in [3.8, 4) is 0 Å². The van der Waals surface area contributed by atoms with Gasteiger partial charge in [-0.1, -0.05) is 29.3 Å². The van der Waals surface area contributed by atoms with E-state index in [2.05, 4.69) is 11.9 Å². The molecule has 0 unspecified atom stereocenters. The number of carbonyl (C=O) groups excluding carboxylic acids is 1. The number of allylic oxidation sites excluding steroid dienone is 1. The van der Waals surface area contributed by atoms with Crippen molar-refractivity contribution in [1.82, 2.24) is 0 Å². The molecular formula is C11H12Cl2N2O3S. The molecule has 0 saturated heterocycles. The zero-order valence-electron chi connectivity index (χ0n) is 9.82. The average molecular weight is 323 g/mol. The van der Waals surface area contributed by atoms with Crippen LogP contribution in [-0.2, 0) is 14.8 Å². The molecule has 0 aromatic heterocycles. The molecule has 1 rings (SSSR count). The Hall–Kier alpha value is -1.08.